The molecule has 1 aromatic carbocycles. The van der Waals surface area contributed by atoms with Gasteiger partial charge in [0.15, 0.2) is 11.5 Å². The highest BCUT2D eigenvalue weighted by atomic mass is 35.5. The maximum atomic E-state index is 12.8. The maximum Gasteiger partial charge on any atom is 0.231 e. The summed E-state index contributed by atoms with van der Waals surface area (Å²) in [5.41, 5.74) is 7.28. The van der Waals surface area contributed by atoms with Crippen LogP contribution in [-0.2, 0) is 4.79 Å². The second-order valence-electron chi connectivity index (χ2n) is 6.92. The first-order chi connectivity index (χ1) is 11.2. The van der Waals surface area contributed by atoms with E-state index in [1.54, 1.807) is 0 Å². The third-order valence-corrected chi connectivity index (χ3v) is 5.51. The zero-order valence-corrected chi connectivity index (χ0v) is 14.6. The van der Waals surface area contributed by atoms with Gasteiger partial charge >= 0.3 is 0 Å². The van der Waals surface area contributed by atoms with Gasteiger partial charge in [0.2, 0.25) is 12.7 Å². The number of rotatable bonds is 3. The van der Waals surface area contributed by atoms with Gasteiger partial charge in [-0.05, 0) is 49.3 Å². The zero-order valence-electron chi connectivity index (χ0n) is 13.8. The molecule has 0 spiro atoms. The number of hydrogen-bond donors (Lipinski definition) is 1. The number of ether oxygens (including phenoxy) is 2. The predicted octanol–water partition coefficient (Wildman–Crippen LogP) is 3.02. The highest BCUT2D eigenvalue weighted by molar-refractivity contribution is 5.85. The van der Waals surface area contributed by atoms with Crippen molar-refractivity contribution in [3.63, 3.8) is 0 Å². The minimum Gasteiger partial charge on any atom is -0.454 e. The molecule has 5 nitrogen and oxygen atoms in total. The highest BCUT2D eigenvalue weighted by Gasteiger charge is 2.34. The first kappa shape index (κ1) is 17.4. The number of likely N-dealkylation sites (tertiary alicyclic amines) is 1. The Morgan fingerprint density at radius 1 is 1.17 bits per heavy atom. The Balaban J connectivity index is 0.00000169. The molecule has 1 aliphatic carbocycles. The number of halogens is 1. The summed E-state index contributed by atoms with van der Waals surface area (Å²) in [5, 5.41) is 0. The van der Waals surface area contributed by atoms with Crippen LogP contribution in [0.5, 0.6) is 11.5 Å². The molecule has 1 saturated carbocycles. The van der Waals surface area contributed by atoms with Crippen molar-refractivity contribution in [1.82, 2.24) is 4.90 Å². The summed E-state index contributed by atoms with van der Waals surface area (Å²) in [6, 6.07) is 6.40. The van der Waals surface area contributed by atoms with E-state index in [-0.39, 0.29) is 37.2 Å². The van der Waals surface area contributed by atoms with Crippen molar-refractivity contribution < 1.29 is 14.3 Å². The predicted molar refractivity (Wildman–Crippen MR) is 93.4 cm³/mol. The fourth-order valence-electron chi connectivity index (χ4n) is 4.19. The average molecular weight is 353 g/mol. The Kier molecular flexibility index (Phi) is 5.21. The highest BCUT2D eigenvalue weighted by Crippen LogP contribution is 2.39. The van der Waals surface area contributed by atoms with Gasteiger partial charge in [-0.3, -0.25) is 4.79 Å². The molecule has 1 saturated heterocycles. The van der Waals surface area contributed by atoms with Crippen LogP contribution in [0.2, 0.25) is 0 Å². The molecule has 0 bridgehead atoms. The van der Waals surface area contributed by atoms with Gasteiger partial charge in [0.05, 0.1) is 6.04 Å². The molecule has 24 heavy (non-hydrogen) atoms. The zero-order chi connectivity index (χ0) is 15.8. The van der Waals surface area contributed by atoms with Gasteiger partial charge in [0.1, 0.15) is 0 Å². The largest absolute Gasteiger partial charge is 0.454 e. The quantitative estimate of drug-likeness (QED) is 0.908. The van der Waals surface area contributed by atoms with Crippen LogP contribution in [0.4, 0.5) is 0 Å². The maximum absolute atomic E-state index is 12.8. The van der Waals surface area contributed by atoms with E-state index in [0.29, 0.717) is 12.3 Å². The second-order valence-corrected chi connectivity index (χ2v) is 6.92. The number of carbonyl (C=O) groups is 1. The van der Waals surface area contributed by atoms with Crippen LogP contribution < -0.4 is 15.2 Å². The smallest absolute Gasteiger partial charge is 0.231 e. The summed E-state index contributed by atoms with van der Waals surface area (Å²) in [7, 11) is 0. The first-order valence-electron chi connectivity index (χ1n) is 8.67. The Labute approximate surface area is 148 Å². The van der Waals surface area contributed by atoms with Crippen LogP contribution in [-0.4, -0.2) is 30.2 Å². The number of carbonyl (C=O) groups excluding carboxylic acids is 1. The van der Waals surface area contributed by atoms with Crippen LogP contribution in [0.15, 0.2) is 18.2 Å². The SMILES string of the molecule is Cl.N[C@@H]1CCC[C@H]1CC(=O)N1CCCC1c1ccc2c(c1)OCO2. The molecule has 1 aromatic rings. The second kappa shape index (κ2) is 7.19. The monoisotopic (exact) mass is 352 g/mol. The van der Waals surface area contributed by atoms with Crippen LogP contribution in [0.1, 0.15) is 50.1 Å². The molecule has 2 fully saturated rings. The molecule has 4 rings (SSSR count). The normalized spacial score (nSPS) is 28.0. The molecule has 2 aliphatic heterocycles. The third kappa shape index (κ3) is 3.20. The lowest BCUT2D eigenvalue weighted by Gasteiger charge is -2.27. The van der Waals surface area contributed by atoms with Crippen LogP contribution >= 0.6 is 12.4 Å². The Morgan fingerprint density at radius 2 is 2.00 bits per heavy atom. The first-order valence-corrected chi connectivity index (χ1v) is 8.67. The number of nitrogens with zero attached hydrogens (tertiary/aromatic N) is 1. The molecule has 3 aliphatic rings. The van der Waals surface area contributed by atoms with Crippen molar-refractivity contribution in [2.75, 3.05) is 13.3 Å². The standard InChI is InChI=1S/C18H24N2O3.ClH/c19-14-4-1-3-12(14)10-18(21)20-8-2-5-15(20)13-6-7-16-17(9-13)23-11-22-16;/h6-7,9,12,14-15H,1-5,8,10-11,19H2;1H/t12-,14+,15?;/m0./s1. The topological polar surface area (TPSA) is 64.8 Å². The van der Waals surface area contributed by atoms with Crippen molar-refractivity contribution in [1.29, 1.82) is 0 Å². The van der Waals surface area contributed by atoms with Gasteiger partial charge in [-0.15, -0.1) is 12.4 Å². The van der Waals surface area contributed by atoms with Crippen LogP contribution in [0, 0.1) is 5.92 Å². The molecular formula is C18H25ClN2O3. The minimum atomic E-state index is 0. The Hall–Kier alpha value is -1.46. The van der Waals surface area contributed by atoms with E-state index < -0.39 is 0 Å². The summed E-state index contributed by atoms with van der Waals surface area (Å²) in [6.45, 7) is 1.13. The van der Waals surface area contributed by atoms with Gasteiger partial charge < -0.3 is 20.1 Å². The van der Waals surface area contributed by atoms with Gasteiger partial charge in [-0.2, -0.15) is 0 Å². The number of nitrogens with two attached hydrogens (primary N) is 1. The molecular weight excluding hydrogens is 328 g/mol. The van der Waals surface area contributed by atoms with Crippen molar-refractivity contribution in [2.24, 2.45) is 11.7 Å². The lowest BCUT2D eigenvalue weighted by molar-refractivity contribution is -0.133. The van der Waals surface area contributed by atoms with Gasteiger partial charge in [0.25, 0.3) is 0 Å². The number of benzene rings is 1. The van der Waals surface area contributed by atoms with E-state index in [1.807, 2.05) is 17.0 Å². The third-order valence-electron chi connectivity index (χ3n) is 5.51. The lowest BCUT2D eigenvalue weighted by Crippen LogP contribution is -2.35. The minimum absolute atomic E-state index is 0. The molecule has 132 valence electrons. The molecule has 3 atom stereocenters. The number of fused-ring (bicyclic) bond motifs is 1. The molecule has 1 unspecified atom stereocenters. The van der Waals surface area contributed by atoms with Crippen LogP contribution in [0.3, 0.4) is 0 Å². The van der Waals surface area contributed by atoms with Gasteiger partial charge in [-0.25, -0.2) is 0 Å². The van der Waals surface area contributed by atoms with Gasteiger partial charge in [-0.1, -0.05) is 12.5 Å². The van der Waals surface area contributed by atoms with E-state index in [4.69, 9.17) is 15.2 Å². The average Bonchev–Trinajstić information content (AvgIpc) is 3.27. The van der Waals surface area contributed by atoms with E-state index in [0.717, 1.165) is 55.7 Å². The molecule has 6 heteroatoms. The number of hydrogen-bond acceptors (Lipinski definition) is 4. The molecule has 1 amide bonds. The summed E-state index contributed by atoms with van der Waals surface area (Å²) in [6.07, 6.45) is 5.98. The Bertz CT molecular complexity index is 610. The summed E-state index contributed by atoms with van der Waals surface area (Å²) in [4.78, 5) is 14.8. The molecule has 0 aromatic heterocycles. The number of amides is 1. The molecule has 0 radical (unpaired) electrons. The van der Waals surface area contributed by atoms with E-state index in [1.165, 1.54) is 0 Å². The van der Waals surface area contributed by atoms with Crippen molar-refractivity contribution >= 4 is 18.3 Å². The van der Waals surface area contributed by atoms with E-state index in [2.05, 4.69) is 6.07 Å². The van der Waals surface area contributed by atoms with E-state index in [9.17, 15) is 4.79 Å². The fourth-order valence-corrected chi connectivity index (χ4v) is 4.19. The summed E-state index contributed by atoms with van der Waals surface area (Å²) >= 11 is 0. The van der Waals surface area contributed by atoms with Crippen molar-refractivity contribution in [2.45, 2.75) is 50.6 Å². The summed E-state index contributed by atoms with van der Waals surface area (Å²) < 4.78 is 10.8. The van der Waals surface area contributed by atoms with Crippen molar-refractivity contribution in [3.8, 4) is 11.5 Å². The molecule has 2 N–H and O–H groups in total. The van der Waals surface area contributed by atoms with Crippen LogP contribution in [0.25, 0.3) is 0 Å². The molecule has 2 heterocycles. The van der Waals surface area contributed by atoms with Crippen molar-refractivity contribution in [3.05, 3.63) is 23.8 Å². The lowest BCUT2D eigenvalue weighted by atomic mass is 9.98. The Morgan fingerprint density at radius 3 is 2.79 bits per heavy atom. The van der Waals surface area contributed by atoms with Gasteiger partial charge in [0, 0.05) is 19.0 Å². The van der Waals surface area contributed by atoms with E-state index >= 15 is 0 Å². The fraction of sp³-hybridized carbons (Fsp3) is 0.611. The summed E-state index contributed by atoms with van der Waals surface area (Å²) in [5.74, 6) is 2.20.